The van der Waals surface area contributed by atoms with Gasteiger partial charge in [-0.25, -0.2) is 9.78 Å². The van der Waals surface area contributed by atoms with Gasteiger partial charge < -0.3 is 19.5 Å². The molecule has 0 unspecified atom stereocenters. The summed E-state index contributed by atoms with van der Waals surface area (Å²) in [6, 6.07) is 13.5. The number of nitrogens with zero attached hydrogens (tertiary/aromatic N) is 3. The second kappa shape index (κ2) is 6.84. The Morgan fingerprint density at radius 1 is 1.24 bits per heavy atom. The van der Waals surface area contributed by atoms with Crippen LogP contribution in [0.1, 0.15) is 27.2 Å². The number of nitrogen functional groups attached to an aromatic ring is 1. The number of hydrogen-bond donors (Lipinski definition) is 1. The highest BCUT2D eigenvalue weighted by molar-refractivity contribution is 5.96. The molecule has 7 heteroatoms. The molecule has 0 aliphatic rings. The Kier molecular flexibility index (Phi) is 4.32. The minimum absolute atomic E-state index is 0.0813. The molecule has 0 fully saturated rings. The molecule has 0 aliphatic carbocycles. The predicted molar refractivity (Wildman–Crippen MR) is 109 cm³/mol. The van der Waals surface area contributed by atoms with Gasteiger partial charge in [-0.2, -0.15) is 5.26 Å². The summed E-state index contributed by atoms with van der Waals surface area (Å²) in [5.74, 6) is -0.0984. The van der Waals surface area contributed by atoms with Crippen molar-refractivity contribution in [1.29, 1.82) is 5.26 Å². The Labute approximate surface area is 166 Å². The third-order valence-corrected chi connectivity index (χ3v) is 4.86. The third kappa shape index (κ3) is 2.91. The smallest absolute Gasteiger partial charge is 0.357 e. The van der Waals surface area contributed by atoms with Crippen LogP contribution in [-0.2, 0) is 4.74 Å². The number of ether oxygens (including phenoxy) is 1. The summed E-state index contributed by atoms with van der Waals surface area (Å²) in [7, 11) is 1.27. The summed E-state index contributed by atoms with van der Waals surface area (Å²) in [5.41, 5.74) is 11.1. The van der Waals surface area contributed by atoms with Crippen molar-refractivity contribution in [2.75, 3.05) is 12.8 Å². The Hall–Kier alpha value is -4.05. The number of methoxy groups -OCH3 is 1. The number of aromatic nitrogens is 2. The molecule has 0 amide bonds. The van der Waals surface area contributed by atoms with Crippen LogP contribution < -0.4 is 5.73 Å². The first kappa shape index (κ1) is 18.3. The minimum Gasteiger partial charge on any atom is -0.464 e. The summed E-state index contributed by atoms with van der Waals surface area (Å²) in [6.45, 7) is 3.89. The molecule has 0 spiro atoms. The normalized spacial score (nSPS) is 10.8. The molecule has 4 aromatic rings. The van der Waals surface area contributed by atoms with Crippen LogP contribution >= 0.6 is 0 Å². The van der Waals surface area contributed by atoms with Crippen molar-refractivity contribution in [2.45, 2.75) is 13.8 Å². The molecule has 0 radical (unpaired) electrons. The van der Waals surface area contributed by atoms with E-state index >= 15 is 0 Å². The number of anilines is 1. The van der Waals surface area contributed by atoms with Crippen molar-refractivity contribution < 1.29 is 13.9 Å². The van der Waals surface area contributed by atoms with E-state index in [4.69, 9.17) is 14.9 Å². The average molecular weight is 386 g/mol. The fraction of sp³-hybridized carbons (Fsp3) is 0.136. The number of rotatable bonds is 3. The van der Waals surface area contributed by atoms with Crippen molar-refractivity contribution >= 4 is 22.8 Å². The molecular weight excluding hydrogens is 368 g/mol. The summed E-state index contributed by atoms with van der Waals surface area (Å²) in [6.07, 6.45) is 1.52. The number of esters is 1. The number of nitrogens with two attached hydrogens (primary N) is 1. The van der Waals surface area contributed by atoms with E-state index in [1.165, 1.54) is 13.3 Å². The SMILES string of the molecule is COC(=O)c1c(N)c(C#N)cn1-c1cc(C)c2oc(-c3ccccc3C)nc2c1. The first-order valence-electron chi connectivity index (χ1n) is 8.91. The highest BCUT2D eigenvalue weighted by Gasteiger charge is 2.23. The molecule has 0 atom stereocenters. The second-order valence-electron chi connectivity index (χ2n) is 6.72. The maximum atomic E-state index is 12.3. The Morgan fingerprint density at radius 3 is 2.69 bits per heavy atom. The molecule has 0 aliphatic heterocycles. The van der Waals surface area contributed by atoms with Crippen LogP contribution in [0.15, 0.2) is 47.0 Å². The largest absolute Gasteiger partial charge is 0.464 e. The van der Waals surface area contributed by atoms with Gasteiger partial charge in [0.15, 0.2) is 11.3 Å². The van der Waals surface area contributed by atoms with Crippen molar-refractivity contribution in [3.8, 4) is 23.2 Å². The van der Waals surface area contributed by atoms with E-state index in [0.717, 1.165) is 16.7 Å². The van der Waals surface area contributed by atoms with Gasteiger partial charge in [-0.3, -0.25) is 0 Å². The molecule has 0 saturated carbocycles. The Bertz CT molecular complexity index is 1310. The van der Waals surface area contributed by atoms with Crippen LogP contribution in [0.4, 0.5) is 5.69 Å². The molecule has 2 aromatic heterocycles. The molecule has 29 heavy (non-hydrogen) atoms. The van der Waals surface area contributed by atoms with E-state index < -0.39 is 5.97 Å². The number of nitriles is 1. The van der Waals surface area contributed by atoms with Gasteiger partial charge in [0.25, 0.3) is 0 Å². The third-order valence-electron chi connectivity index (χ3n) is 4.86. The molecule has 2 N–H and O–H groups in total. The van der Waals surface area contributed by atoms with Crippen molar-refractivity contribution in [1.82, 2.24) is 9.55 Å². The molecule has 2 heterocycles. The Morgan fingerprint density at radius 2 is 2.00 bits per heavy atom. The van der Waals surface area contributed by atoms with Gasteiger partial charge in [-0.15, -0.1) is 0 Å². The number of oxazole rings is 1. The second-order valence-corrected chi connectivity index (χ2v) is 6.72. The molecule has 144 valence electrons. The zero-order valence-electron chi connectivity index (χ0n) is 16.2. The van der Waals surface area contributed by atoms with Crippen LogP contribution in [0.25, 0.3) is 28.2 Å². The van der Waals surface area contributed by atoms with Crippen LogP contribution in [0.2, 0.25) is 0 Å². The topological polar surface area (TPSA) is 107 Å². The molecule has 2 aromatic carbocycles. The lowest BCUT2D eigenvalue weighted by Crippen LogP contribution is -2.11. The molecule has 0 bridgehead atoms. The fourth-order valence-electron chi connectivity index (χ4n) is 3.37. The van der Waals surface area contributed by atoms with E-state index in [1.807, 2.05) is 50.2 Å². The van der Waals surface area contributed by atoms with E-state index in [9.17, 15) is 10.1 Å². The van der Waals surface area contributed by atoms with Gasteiger partial charge in [0.05, 0.1) is 18.4 Å². The van der Waals surface area contributed by atoms with Gasteiger partial charge in [-0.05, 0) is 43.2 Å². The summed E-state index contributed by atoms with van der Waals surface area (Å²) >= 11 is 0. The maximum absolute atomic E-state index is 12.3. The lowest BCUT2D eigenvalue weighted by molar-refractivity contribution is 0.0593. The molecule has 7 nitrogen and oxygen atoms in total. The van der Waals surface area contributed by atoms with Gasteiger partial charge in [0.2, 0.25) is 5.89 Å². The van der Waals surface area contributed by atoms with E-state index in [0.29, 0.717) is 22.7 Å². The number of benzene rings is 2. The van der Waals surface area contributed by atoms with Gasteiger partial charge in [0.1, 0.15) is 11.6 Å². The quantitative estimate of drug-likeness (QED) is 0.530. The molecule has 0 saturated heterocycles. The standard InChI is InChI=1S/C22H18N4O3/c1-12-6-4-5-7-16(12)21-25-17-9-15(8-13(2)20(17)29-21)26-11-14(10-23)18(24)19(26)22(27)28-3/h4-9,11H,24H2,1-3H3. The zero-order chi connectivity index (χ0) is 20.7. The minimum atomic E-state index is -0.623. The first-order valence-corrected chi connectivity index (χ1v) is 8.91. The summed E-state index contributed by atoms with van der Waals surface area (Å²) in [4.78, 5) is 16.9. The van der Waals surface area contributed by atoms with Gasteiger partial charge in [-0.1, -0.05) is 18.2 Å². The van der Waals surface area contributed by atoms with Crippen molar-refractivity contribution in [2.24, 2.45) is 0 Å². The zero-order valence-corrected chi connectivity index (χ0v) is 16.2. The predicted octanol–water partition coefficient (Wildman–Crippen LogP) is 4.14. The van der Waals surface area contributed by atoms with Crippen molar-refractivity contribution in [3.63, 3.8) is 0 Å². The maximum Gasteiger partial charge on any atom is 0.357 e. The van der Waals surface area contributed by atoms with Crippen LogP contribution in [0.5, 0.6) is 0 Å². The van der Waals surface area contributed by atoms with Gasteiger partial charge >= 0.3 is 5.97 Å². The number of carbonyl (C=O) groups is 1. The van der Waals surface area contributed by atoms with Crippen molar-refractivity contribution in [3.05, 3.63) is 65.0 Å². The number of hydrogen-bond acceptors (Lipinski definition) is 6. The highest BCUT2D eigenvalue weighted by atomic mass is 16.5. The monoisotopic (exact) mass is 386 g/mol. The summed E-state index contributed by atoms with van der Waals surface area (Å²) in [5, 5.41) is 9.32. The first-order chi connectivity index (χ1) is 13.9. The lowest BCUT2D eigenvalue weighted by Gasteiger charge is -2.09. The van der Waals surface area contributed by atoms with Crippen LogP contribution in [0.3, 0.4) is 0 Å². The van der Waals surface area contributed by atoms with E-state index in [2.05, 4.69) is 4.98 Å². The van der Waals surface area contributed by atoms with E-state index in [-0.39, 0.29) is 16.9 Å². The van der Waals surface area contributed by atoms with E-state index in [1.54, 1.807) is 10.6 Å². The molecule has 4 rings (SSSR count). The Balaban J connectivity index is 1.92. The number of fused-ring (bicyclic) bond motifs is 1. The summed E-state index contributed by atoms with van der Waals surface area (Å²) < 4.78 is 12.4. The molecular formula is C22H18N4O3. The number of aryl methyl sites for hydroxylation is 2. The fourth-order valence-corrected chi connectivity index (χ4v) is 3.37. The lowest BCUT2D eigenvalue weighted by atomic mass is 10.1. The van der Waals surface area contributed by atoms with Crippen LogP contribution in [-0.4, -0.2) is 22.6 Å². The average Bonchev–Trinajstić information content (AvgIpc) is 3.29. The van der Waals surface area contributed by atoms with Gasteiger partial charge in [0, 0.05) is 17.4 Å². The van der Waals surface area contributed by atoms with Crippen LogP contribution in [0, 0.1) is 25.2 Å². The highest BCUT2D eigenvalue weighted by Crippen LogP contribution is 2.32. The number of carbonyl (C=O) groups excluding carboxylic acids is 1.